The van der Waals surface area contributed by atoms with Crippen LogP contribution in [0, 0.1) is 5.82 Å². The molecule has 0 radical (unpaired) electrons. The number of benzene rings is 2. The van der Waals surface area contributed by atoms with Crippen molar-refractivity contribution in [2.24, 2.45) is 0 Å². The molecule has 0 aliphatic carbocycles. The molecule has 0 aliphatic rings. The van der Waals surface area contributed by atoms with Crippen molar-refractivity contribution in [2.45, 2.75) is 13.2 Å². The Kier molecular flexibility index (Phi) is 7.08. The standard InChI is InChI=1S/C21H20FNO6S/c1-25-17-9-8-16(19(26-2)20(17)27-3)21(24)29-10-14-12-30-18(23-14)11-28-15-6-4-13(22)5-7-15/h4-9,12H,10-11H2,1-3H3. The van der Waals surface area contributed by atoms with E-state index in [-0.39, 0.29) is 30.3 Å². The van der Waals surface area contributed by atoms with Crippen molar-refractivity contribution < 1.29 is 32.9 Å². The topological polar surface area (TPSA) is 76.1 Å². The summed E-state index contributed by atoms with van der Waals surface area (Å²) in [7, 11) is 4.39. The number of halogens is 1. The molecule has 30 heavy (non-hydrogen) atoms. The van der Waals surface area contributed by atoms with Crippen LogP contribution in [-0.2, 0) is 18.0 Å². The van der Waals surface area contributed by atoms with Crippen molar-refractivity contribution in [1.29, 1.82) is 0 Å². The second-order valence-electron chi connectivity index (χ2n) is 5.93. The fourth-order valence-corrected chi connectivity index (χ4v) is 3.33. The molecule has 3 rings (SSSR count). The van der Waals surface area contributed by atoms with Gasteiger partial charge >= 0.3 is 5.97 Å². The highest BCUT2D eigenvalue weighted by atomic mass is 32.1. The number of carbonyl (C=O) groups excluding carboxylic acids is 1. The largest absolute Gasteiger partial charge is 0.493 e. The molecule has 7 nitrogen and oxygen atoms in total. The van der Waals surface area contributed by atoms with Gasteiger partial charge in [-0.25, -0.2) is 14.2 Å². The fourth-order valence-electron chi connectivity index (χ4n) is 2.64. The molecule has 0 unspecified atom stereocenters. The van der Waals surface area contributed by atoms with Crippen LogP contribution in [0.1, 0.15) is 21.1 Å². The predicted molar refractivity (Wildman–Crippen MR) is 108 cm³/mol. The summed E-state index contributed by atoms with van der Waals surface area (Å²) in [4.78, 5) is 16.9. The molecule has 0 aliphatic heterocycles. The Morgan fingerprint density at radius 1 is 0.967 bits per heavy atom. The van der Waals surface area contributed by atoms with E-state index in [0.717, 1.165) is 0 Å². The highest BCUT2D eigenvalue weighted by Crippen LogP contribution is 2.40. The number of methoxy groups -OCH3 is 3. The van der Waals surface area contributed by atoms with E-state index in [1.165, 1.54) is 44.8 Å². The Balaban J connectivity index is 1.61. The lowest BCUT2D eigenvalue weighted by Gasteiger charge is -2.14. The lowest BCUT2D eigenvalue weighted by molar-refractivity contribution is 0.0463. The van der Waals surface area contributed by atoms with Gasteiger partial charge in [0.1, 0.15) is 35.4 Å². The lowest BCUT2D eigenvalue weighted by Crippen LogP contribution is -2.09. The van der Waals surface area contributed by atoms with Gasteiger partial charge < -0.3 is 23.7 Å². The van der Waals surface area contributed by atoms with Gasteiger partial charge in [0.15, 0.2) is 11.5 Å². The van der Waals surface area contributed by atoms with Crippen molar-refractivity contribution in [3.05, 3.63) is 63.9 Å². The maximum Gasteiger partial charge on any atom is 0.342 e. The first-order chi connectivity index (χ1) is 14.5. The van der Waals surface area contributed by atoms with Crippen LogP contribution in [0.15, 0.2) is 41.8 Å². The van der Waals surface area contributed by atoms with Crippen molar-refractivity contribution >= 4 is 17.3 Å². The molecule has 2 aromatic carbocycles. The summed E-state index contributed by atoms with van der Waals surface area (Å²) in [5.41, 5.74) is 0.802. The highest BCUT2D eigenvalue weighted by molar-refractivity contribution is 7.09. The van der Waals surface area contributed by atoms with Gasteiger partial charge in [-0.2, -0.15) is 0 Å². The summed E-state index contributed by atoms with van der Waals surface area (Å²) >= 11 is 1.38. The third kappa shape index (κ3) is 4.98. The van der Waals surface area contributed by atoms with Crippen LogP contribution < -0.4 is 18.9 Å². The first-order valence-corrected chi connectivity index (χ1v) is 9.71. The first-order valence-electron chi connectivity index (χ1n) is 8.83. The molecule has 1 aromatic heterocycles. The van der Waals surface area contributed by atoms with Crippen LogP contribution >= 0.6 is 11.3 Å². The predicted octanol–water partition coefficient (Wildman–Crippen LogP) is 4.24. The second-order valence-corrected chi connectivity index (χ2v) is 6.88. The second kappa shape index (κ2) is 9.93. The summed E-state index contributed by atoms with van der Waals surface area (Å²) < 4.78 is 39.7. The van der Waals surface area contributed by atoms with E-state index >= 15 is 0 Å². The minimum absolute atomic E-state index is 0.0105. The molecule has 0 amide bonds. The normalized spacial score (nSPS) is 10.4. The number of aromatic nitrogens is 1. The summed E-state index contributed by atoms with van der Waals surface area (Å²) in [6.45, 7) is 0.219. The first kappa shape index (κ1) is 21.4. The van der Waals surface area contributed by atoms with Crippen LogP contribution in [0.2, 0.25) is 0 Å². The zero-order chi connectivity index (χ0) is 21.5. The number of esters is 1. The van der Waals surface area contributed by atoms with E-state index in [4.69, 9.17) is 23.7 Å². The van der Waals surface area contributed by atoms with Crippen LogP contribution in [0.4, 0.5) is 4.39 Å². The number of ether oxygens (including phenoxy) is 5. The Hall–Kier alpha value is -3.33. The van der Waals surface area contributed by atoms with Crippen LogP contribution in [0.25, 0.3) is 0 Å². The molecule has 0 bridgehead atoms. The van der Waals surface area contributed by atoms with Gasteiger partial charge in [-0.05, 0) is 36.4 Å². The molecule has 0 N–H and O–H groups in total. The molecule has 0 spiro atoms. The van der Waals surface area contributed by atoms with Gasteiger partial charge in [-0.3, -0.25) is 0 Å². The average Bonchev–Trinajstić information content (AvgIpc) is 3.23. The molecular formula is C21H20FNO6S. The summed E-state index contributed by atoms with van der Waals surface area (Å²) in [5, 5.41) is 2.48. The van der Waals surface area contributed by atoms with Gasteiger partial charge in [0, 0.05) is 5.38 Å². The molecule has 0 saturated carbocycles. The van der Waals surface area contributed by atoms with Crippen molar-refractivity contribution in [3.63, 3.8) is 0 Å². The number of carbonyl (C=O) groups is 1. The zero-order valence-electron chi connectivity index (χ0n) is 16.6. The van der Waals surface area contributed by atoms with Gasteiger partial charge in [0.2, 0.25) is 5.75 Å². The third-order valence-corrected chi connectivity index (χ3v) is 4.92. The number of thiazole rings is 1. The van der Waals surface area contributed by atoms with Crippen molar-refractivity contribution in [3.8, 4) is 23.0 Å². The number of hydrogen-bond acceptors (Lipinski definition) is 8. The molecule has 0 atom stereocenters. The average molecular weight is 433 g/mol. The molecule has 1 heterocycles. The maximum atomic E-state index is 12.9. The van der Waals surface area contributed by atoms with Crippen LogP contribution in [0.5, 0.6) is 23.0 Å². The molecule has 9 heteroatoms. The van der Waals surface area contributed by atoms with Gasteiger partial charge in [0.25, 0.3) is 0 Å². The summed E-state index contributed by atoms with van der Waals surface area (Å²) in [6, 6.07) is 8.89. The van der Waals surface area contributed by atoms with E-state index in [1.807, 2.05) is 0 Å². The smallest absolute Gasteiger partial charge is 0.342 e. The van der Waals surface area contributed by atoms with Gasteiger partial charge in [-0.1, -0.05) is 0 Å². The lowest BCUT2D eigenvalue weighted by atomic mass is 10.1. The monoisotopic (exact) mass is 433 g/mol. The van der Waals surface area contributed by atoms with Crippen LogP contribution in [0.3, 0.4) is 0 Å². The summed E-state index contributed by atoms with van der Waals surface area (Å²) in [5.74, 6) is 0.616. The Morgan fingerprint density at radius 2 is 1.70 bits per heavy atom. The number of rotatable bonds is 9. The van der Waals surface area contributed by atoms with Crippen LogP contribution in [-0.4, -0.2) is 32.3 Å². The SMILES string of the molecule is COc1ccc(C(=O)OCc2csc(COc3ccc(F)cc3)n2)c(OC)c1OC. The Labute approximate surface area is 176 Å². The maximum absolute atomic E-state index is 12.9. The van der Waals surface area contributed by atoms with E-state index in [2.05, 4.69) is 4.98 Å². The van der Waals surface area contributed by atoms with Gasteiger partial charge in [-0.15, -0.1) is 11.3 Å². The minimum Gasteiger partial charge on any atom is -0.493 e. The van der Waals surface area contributed by atoms with E-state index in [1.54, 1.807) is 29.6 Å². The highest BCUT2D eigenvalue weighted by Gasteiger charge is 2.22. The fraction of sp³-hybridized carbons (Fsp3) is 0.238. The quantitative estimate of drug-likeness (QED) is 0.467. The molecular weight excluding hydrogens is 413 g/mol. The van der Waals surface area contributed by atoms with Gasteiger partial charge in [0.05, 0.1) is 27.0 Å². The molecule has 0 saturated heterocycles. The molecule has 0 fully saturated rings. The molecule has 3 aromatic rings. The van der Waals surface area contributed by atoms with E-state index in [9.17, 15) is 9.18 Å². The number of nitrogens with zero attached hydrogens (tertiary/aromatic N) is 1. The van der Waals surface area contributed by atoms with Crippen molar-refractivity contribution in [2.75, 3.05) is 21.3 Å². The van der Waals surface area contributed by atoms with Crippen molar-refractivity contribution in [1.82, 2.24) is 4.98 Å². The third-order valence-electron chi connectivity index (χ3n) is 4.05. The Bertz CT molecular complexity index is 1010. The molecule has 158 valence electrons. The summed E-state index contributed by atoms with van der Waals surface area (Å²) in [6.07, 6.45) is 0. The van der Waals surface area contributed by atoms with E-state index < -0.39 is 5.97 Å². The zero-order valence-corrected chi connectivity index (χ0v) is 17.5. The van der Waals surface area contributed by atoms with E-state index in [0.29, 0.717) is 28.0 Å². The number of hydrogen-bond donors (Lipinski definition) is 0. The Morgan fingerprint density at radius 3 is 2.37 bits per heavy atom. The minimum atomic E-state index is -0.579.